The summed E-state index contributed by atoms with van der Waals surface area (Å²) in [4.78, 5) is 9.20. The SMILES string of the molecule is Cc1nc(N)c(C)c2c1Oc1ccccc1C21CSC(N)=N1. The van der Waals surface area contributed by atoms with Gasteiger partial charge in [-0.2, -0.15) is 0 Å². The normalized spacial score (nSPS) is 22.0. The van der Waals surface area contributed by atoms with Gasteiger partial charge in [-0.1, -0.05) is 30.0 Å². The van der Waals surface area contributed by atoms with Gasteiger partial charge in [0.05, 0.1) is 5.69 Å². The first-order valence-electron chi connectivity index (χ1n) is 7.05. The van der Waals surface area contributed by atoms with Crippen LogP contribution in [0, 0.1) is 13.8 Å². The van der Waals surface area contributed by atoms with Crippen LogP contribution in [0.25, 0.3) is 0 Å². The number of aromatic nitrogens is 1. The molecule has 0 saturated carbocycles. The molecule has 22 heavy (non-hydrogen) atoms. The van der Waals surface area contributed by atoms with E-state index in [1.165, 1.54) is 0 Å². The lowest BCUT2D eigenvalue weighted by Gasteiger charge is -2.36. The molecule has 0 saturated heterocycles. The number of aryl methyl sites for hydroxylation is 1. The van der Waals surface area contributed by atoms with Gasteiger partial charge in [0.1, 0.15) is 17.1 Å². The van der Waals surface area contributed by atoms with Crippen molar-refractivity contribution < 1.29 is 4.74 Å². The molecule has 1 unspecified atom stereocenters. The molecule has 1 aromatic carbocycles. The van der Waals surface area contributed by atoms with E-state index in [-0.39, 0.29) is 0 Å². The summed E-state index contributed by atoms with van der Waals surface area (Å²) >= 11 is 1.56. The molecule has 0 fully saturated rings. The van der Waals surface area contributed by atoms with Gasteiger partial charge in [-0.05, 0) is 19.9 Å². The molecule has 1 atom stereocenters. The zero-order valence-corrected chi connectivity index (χ0v) is 13.2. The molecule has 112 valence electrons. The van der Waals surface area contributed by atoms with Gasteiger partial charge in [0.15, 0.2) is 10.9 Å². The summed E-state index contributed by atoms with van der Waals surface area (Å²) in [7, 11) is 0. The summed E-state index contributed by atoms with van der Waals surface area (Å²) in [6.07, 6.45) is 0. The Kier molecular flexibility index (Phi) is 2.69. The van der Waals surface area contributed by atoms with Crippen LogP contribution in [0.4, 0.5) is 5.82 Å². The number of para-hydroxylation sites is 1. The maximum atomic E-state index is 6.13. The first-order chi connectivity index (χ1) is 10.5. The minimum absolute atomic E-state index is 0.518. The van der Waals surface area contributed by atoms with Crippen molar-refractivity contribution in [2.24, 2.45) is 10.7 Å². The zero-order chi connectivity index (χ0) is 15.5. The number of nitrogens with zero attached hydrogens (tertiary/aromatic N) is 2. The van der Waals surface area contributed by atoms with Crippen LogP contribution >= 0.6 is 11.8 Å². The van der Waals surface area contributed by atoms with Crippen molar-refractivity contribution in [3.8, 4) is 11.5 Å². The molecule has 2 aromatic rings. The number of pyridine rings is 1. The third-order valence-corrected chi connectivity index (χ3v) is 5.24. The first kappa shape index (κ1) is 13.5. The summed E-state index contributed by atoms with van der Waals surface area (Å²) in [5.41, 5.74) is 15.3. The van der Waals surface area contributed by atoms with Crippen molar-refractivity contribution in [1.29, 1.82) is 0 Å². The number of nitrogen functional groups attached to an aromatic ring is 1. The van der Waals surface area contributed by atoms with Gasteiger partial charge in [0, 0.05) is 22.4 Å². The van der Waals surface area contributed by atoms with Crippen LogP contribution in [-0.4, -0.2) is 15.9 Å². The molecule has 1 spiro atoms. The van der Waals surface area contributed by atoms with E-state index >= 15 is 0 Å². The maximum absolute atomic E-state index is 6.13. The Labute approximate surface area is 132 Å². The Morgan fingerprint density at radius 1 is 1.23 bits per heavy atom. The number of benzene rings is 1. The Balaban J connectivity index is 2.12. The van der Waals surface area contributed by atoms with Gasteiger partial charge >= 0.3 is 0 Å². The fourth-order valence-electron chi connectivity index (χ4n) is 3.26. The van der Waals surface area contributed by atoms with E-state index in [0.717, 1.165) is 39.6 Å². The van der Waals surface area contributed by atoms with Crippen LogP contribution in [0.3, 0.4) is 0 Å². The number of ether oxygens (including phenoxy) is 1. The Hall–Kier alpha value is -2.21. The van der Waals surface area contributed by atoms with Crippen molar-refractivity contribution in [2.45, 2.75) is 19.4 Å². The number of hydrogen-bond acceptors (Lipinski definition) is 6. The van der Waals surface area contributed by atoms with E-state index < -0.39 is 5.54 Å². The summed E-state index contributed by atoms with van der Waals surface area (Å²) in [5, 5.41) is 0.593. The molecule has 2 aliphatic heterocycles. The lowest BCUT2D eigenvalue weighted by atomic mass is 9.80. The van der Waals surface area contributed by atoms with E-state index in [1.807, 2.05) is 38.1 Å². The number of aliphatic imine (C=N–C) groups is 1. The molecule has 1 aromatic heterocycles. The average Bonchev–Trinajstić information content (AvgIpc) is 2.87. The minimum atomic E-state index is -0.537. The topological polar surface area (TPSA) is 86.5 Å². The smallest absolute Gasteiger partial charge is 0.155 e. The Bertz CT molecular complexity index is 833. The predicted octanol–water partition coefficient (Wildman–Crippen LogP) is 2.69. The number of hydrogen-bond donors (Lipinski definition) is 2. The van der Waals surface area contributed by atoms with Gasteiger partial charge in [-0.15, -0.1) is 0 Å². The van der Waals surface area contributed by atoms with Gasteiger partial charge in [0.2, 0.25) is 0 Å². The number of anilines is 1. The maximum Gasteiger partial charge on any atom is 0.155 e. The van der Waals surface area contributed by atoms with Crippen molar-refractivity contribution >= 4 is 22.7 Å². The lowest BCUT2D eigenvalue weighted by Crippen LogP contribution is -2.32. The molecular weight excluding hydrogens is 296 g/mol. The monoisotopic (exact) mass is 312 g/mol. The van der Waals surface area contributed by atoms with E-state index in [0.29, 0.717) is 11.0 Å². The third kappa shape index (κ3) is 1.61. The van der Waals surface area contributed by atoms with E-state index in [1.54, 1.807) is 11.8 Å². The molecule has 2 aliphatic rings. The number of amidine groups is 1. The fourth-order valence-corrected chi connectivity index (χ4v) is 4.20. The first-order valence-corrected chi connectivity index (χ1v) is 8.04. The number of nitrogens with two attached hydrogens (primary N) is 2. The molecule has 4 rings (SSSR count). The molecule has 0 radical (unpaired) electrons. The highest BCUT2D eigenvalue weighted by Crippen LogP contribution is 2.54. The zero-order valence-electron chi connectivity index (χ0n) is 12.4. The summed E-state index contributed by atoms with van der Waals surface area (Å²) in [5.74, 6) is 2.83. The second-order valence-electron chi connectivity index (χ2n) is 5.61. The number of rotatable bonds is 0. The quantitative estimate of drug-likeness (QED) is 0.781. The van der Waals surface area contributed by atoms with E-state index in [2.05, 4.69) is 4.98 Å². The van der Waals surface area contributed by atoms with Crippen LogP contribution in [0.1, 0.15) is 22.4 Å². The second kappa shape index (κ2) is 4.39. The van der Waals surface area contributed by atoms with E-state index in [4.69, 9.17) is 21.2 Å². The van der Waals surface area contributed by atoms with Crippen molar-refractivity contribution in [2.75, 3.05) is 11.5 Å². The van der Waals surface area contributed by atoms with Gasteiger partial charge in [-0.3, -0.25) is 0 Å². The van der Waals surface area contributed by atoms with Crippen LogP contribution in [0.5, 0.6) is 11.5 Å². The Morgan fingerprint density at radius 2 is 2.00 bits per heavy atom. The van der Waals surface area contributed by atoms with E-state index in [9.17, 15) is 0 Å². The highest BCUT2D eigenvalue weighted by molar-refractivity contribution is 8.14. The molecule has 4 N–H and O–H groups in total. The van der Waals surface area contributed by atoms with Gasteiger partial charge < -0.3 is 16.2 Å². The minimum Gasteiger partial charge on any atom is -0.455 e. The molecular formula is C16H16N4OS. The van der Waals surface area contributed by atoms with Crippen LogP contribution in [-0.2, 0) is 5.54 Å². The number of thioether (sulfide) groups is 1. The highest BCUT2D eigenvalue weighted by Gasteiger charge is 2.47. The second-order valence-corrected chi connectivity index (χ2v) is 6.60. The molecule has 3 heterocycles. The molecule has 5 nitrogen and oxygen atoms in total. The summed E-state index contributed by atoms with van der Waals surface area (Å²) in [6, 6.07) is 7.96. The largest absolute Gasteiger partial charge is 0.455 e. The summed E-state index contributed by atoms with van der Waals surface area (Å²) in [6.45, 7) is 3.87. The Morgan fingerprint density at radius 3 is 2.73 bits per heavy atom. The standard InChI is InChI=1S/C16H16N4OS/c1-8-12-13(9(2)19-14(8)17)21-11-6-4-3-5-10(11)16(12)7-22-15(18)20-16/h3-6H,7H2,1-2H3,(H2,17,19)(H2,18,20). The number of fused-ring (bicyclic) bond motifs is 4. The highest BCUT2D eigenvalue weighted by atomic mass is 32.2. The third-order valence-electron chi connectivity index (χ3n) is 4.29. The van der Waals surface area contributed by atoms with Crippen molar-refractivity contribution in [3.63, 3.8) is 0 Å². The van der Waals surface area contributed by atoms with Gasteiger partial charge in [0.25, 0.3) is 0 Å². The molecule has 0 bridgehead atoms. The molecule has 0 aliphatic carbocycles. The predicted molar refractivity (Wildman–Crippen MR) is 89.5 cm³/mol. The van der Waals surface area contributed by atoms with Crippen LogP contribution in [0.2, 0.25) is 0 Å². The summed E-state index contributed by atoms with van der Waals surface area (Å²) < 4.78 is 6.13. The lowest BCUT2D eigenvalue weighted by molar-refractivity contribution is 0.409. The van der Waals surface area contributed by atoms with Crippen LogP contribution < -0.4 is 16.2 Å². The van der Waals surface area contributed by atoms with Gasteiger partial charge in [-0.25, -0.2) is 9.98 Å². The van der Waals surface area contributed by atoms with Crippen molar-refractivity contribution in [3.05, 3.63) is 46.6 Å². The molecule has 6 heteroatoms. The fraction of sp³-hybridized carbons (Fsp3) is 0.250. The van der Waals surface area contributed by atoms with Crippen molar-refractivity contribution in [1.82, 2.24) is 4.98 Å². The molecule has 0 amide bonds. The average molecular weight is 312 g/mol. The van der Waals surface area contributed by atoms with Crippen LogP contribution in [0.15, 0.2) is 29.3 Å².